The largest absolute Gasteiger partial charge is 0.296 e. The molecule has 0 bridgehead atoms. The minimum atomic E-state index is 0.371. The molecule has 0 aliphatic heterocycles. The summed E-state index contributed by atoms with van der Waals surface area (Å²) >= 11 is 6.20. The van der Waals surface area contributed by atoms with Gasteiger partial charge in [0.2, 0.25) is 0 Å². The van der Waals surface area contributed by atoms with Crippen molar-refractivity contribution in [2.24, 2.45) is 0 Å². The van der Waals surface area contributed by atoms with Gasteiger partial charge in [0.25, 0.3) is 0 Å². The van der Waals surface area contributed by atoms with Gasteiger partial charge in [0.1, 0.15) is 5.69 Å². The highest BCUT2D eigenvalue weighted by Gasteiger charge is 2.14. The molecule has 110 valence electrons. The van der Waals surface area contributed by atoms with Crippen LogP contribution in [0, 0.1) is 0 Å². The fraction of sp³-hybridized carbons (Fsp3) is 0.118. The zero-order valence-electron chi connectivity index (χ0n) is 11.8. The lowest BCUT2D eigenvalue weighted by molar-refractivity contribution is 0.111. The first-order valence-electron chi connectivity index (χ1n) is 6.93. The molecule has 3 aromatic rings. The van der Waals surface area contributed by atoms with Crippen LogP contribution in [0.2, 0.25) is 5.02 Å². The van der Waals surface area contributed by atoms with Gasteiger partial charge in [-0.15, -0.1) is 5.10 Å². The first-order chi connectivity index (χ1) is 10.8. The Hall–Kier alpha value is -2.46. The normalized spacial score (nSPS) is 10.6. The van der Waals surface area contributed by atoms with Gasteiger partial charge in [-0.2, -0.15) is 0 Å². The summed E-state index contributed by atoms with van der Waals surface area (Å²) in [5.41, 5.74) is 3.21. The third-order valence-corrected chi connectivity index (χ3v) is 3.84. The number of aromatic nitrogens is 3. The fourth-order valence-corrected chi connectivity index (χ4v) is 2.52. The number of hydrogen-bond donors (Lipinski definition) is 0. The standard InChI is InChI=1S/C17H14ClN3O/c18-15-9-5-4-8-14(15)11-21-17(16(12-22)19-20-21)10-13-6-2-1-3-7-13/h1-9,12H,10-11H2. The highest BCUT2D eigenvalue weighted by Crippen LogP contribution is 2.18. The molecule has 0 aliphatic carbocycles. The van der Waals surface area contributed by atoms with Gasteiger partial charge in [0.05, 0.1) is 12.2 Å². The van der Waals surface area contributed by atoms with E-state index in [0.717, 1.165) is 23.1 Å². The number of halogens is 1. The lowest BCUT2D eigenvalue weighted by atomic mass is 10.1. The summed E-state index contributed by atoms with van der Waals surface area (Å²) < 4.78 is 1.73. The van der Waals surface area contributed by atoms with Crippen molar-refractivity contribution in [2.45, 2.75) is 13.0 Å². The van der Waals surface area contributed by atoms with Crippen LogP contribution >= 0.6 is 11.6 Å². The van der Waals surface area contributed by atoms with Crippen LogP contribution in [0.5, 0.6) is 0 Å². The van der Waals surface area contributed by atoms with Gasteiger partial charge in [0, 0.05) is 11.4 Å². The van der Waals surface area contributed by atoms with Crippen LogP contribution in [0.15, 0.2) is 54.6 Å². The molecule has 0 fully saturated rings. The predicted octanol–water partition coefficient (Wildman–Crippen LogP) is 3.38. The molecular weight excluding hydrogens is 298 g/mol. The van der Waals surface area contributed by atoms with E-state index in [4.69, 9.17) is 11.6 Å². The van der Waals surface area contributed by atoms with Gasteiger partial charge in [-0.1, -0.05) is 65.3 Å². The van der Waals surface area contributed by atoms with Gasteiger partial charge in [0.15, 0.2) is 6.29 Å². The minimum absolute atomic E-state index is 0.371. The molecule has 0 aliphatic rings. The van der Waals surface area contributed by atoms with Crippen molar-refractivity contribution in [1.29, 1.82) is 0 Å². The first kappa shape index (κ1) is 14.5. The maximum atomic E-state index is 11.2. The molecule has 22 heavy (non-hydrogen) atoms. The number of rotatable bonds is 5. The highest BCUT2D eigenvalue weighted by molar-refractivity contribution is 6.31. The second-order valence-electron chi connectivity index (χ2n) is 4.95. The summed E-state index contributed by atoms with van der Waals surface area (Å²) in [6, 6.07) is 17.5. The van der Waals surface area contributed by atoms with Crippen molar-refractivity contribution in [3.63, 3.8) is 0 Å². The Morgan fingerprint density at radius 1 is 1.05 bits per heavy atom. The van der Waals surface area contributed by atoms with E-state index >= 15 is 0 Å². The Balaban J connectivity index is 1.93. The van der Waals surface area contributed by atoms with Gasteiger partial charge in [-0.05, 0) is 17.2 Å². The van der Waals surface area contributed by atoms with Crippen LogP contribution in [0.4, 0.5) is 0 Å². The molecule has 0 atom stereocenters. The average Bonchev–Trinajstić information content (AvgIpc) is 2.92. The van der Waals surface area contributed by atoms with Crippen LogP contribution in [-0.4, -0.2) is 21.3 Å². The van der Waals surface area contributed by atoms with Crippen LogP contribution in [0.1, 0.15) is 27.3 Å². The van der Waals surface area contributed by atoms with E-state index in [1.807, 2.05) is 54.6 Å². The molecule has 0 spiro atoms. The van der Waals surface area contributed by atoms with E-state index < -0.39 is 0 Å². The van der Waals surface area contributed by atoms with E-state index in [1.54, 1.807) is 4.68 Å². The number of carbonyl (C=O) groups is 1. The smallest absolute Gasteiger partial charge is 0.172 e. The molecule has 1 aromatic heterocycles. The Labute approximate surface area is 133 Å². The zero-order chi connectivity index (χ0) is 15.4. The summed E-state index contributed by atoms with van der Waals surface area (Å²) in [5, 5.41) is 8.73. The molecule has 2 aromatic carbocycles. The van der Waals surface area contributed by atoms with Crippen molar-refractivity contribution in [3.05, 3.63) is 82.1 Å². The van der Waals surface area contributed by atoms with Crippen molar-refractivity contribution in [3.8, 4) is 0 Å². The van der Waals surface area contributed by atoms with Crippen LogP contribution in [-0.2, 0) is 13.0 Å². The molecule has 0 saturated heterocycles. The second kappa shape index (κ2) is 6.54. The molecule has 3 rings (SSSR count). The molecule has 0 saturated carbocycles. The number of nitrogens with zero attached hydrogens (tertiary/aromatic N) is 3. The Morgan fingerprint density at radius 3 is 2.50 bits per heavy atom. The van der Waals surface area contributed by atoms with Crippen molar-refractivity contribution in [1.82, 2.24) is 15.0 Å². The topological polar surface area (TPSA) is 47.8 Å². The number of benzene rings is 2. The SMILES string of the molecule is O=Cc1nnn(Cc2ccccc2Cl)c1Cc1ccccc1. The fourth-order valence-electron chi connectivity index (χ4n) is 2.32. The lowest BCUT2D eigenvalue weighted by Gasteiger charge is -2.08. The van der Waals surface area contributed by atoms with Crippen LogP contribution in [0.25, 0.3) is 0 Å². The summed E-state index contributed by atoms with van der Waals surface area (Å²) in [6.07, 6.45) is 1.35. The van der Waals surface area contributed by atoms with Crippen molar-refractivity contribution < 1.29 is 4.79 Å². The van der Waals surface area contributed by atoms with E-state index in [0.29, 0.717) is 23.7 Å². The number of hydrogen-bond acceptors (Lipinski definition) is 3. The van der Waals surface area contributed by atoms with E-state index in [2.05, 4.69) is 10.3 Å². The van der Waals surface area contributed by atoms with Gasteiger partial charge in [-0.25, -0.2) is 4.68 Å². The summed E-state index contributed by atoms with van der Waals surface area (Å²) in [4.78, 5) is 11.2. The molecule has 4 nitrogen and oxygen atoms in total. The Kier molecular flexibility index (Phi) is 4.30. The van der Waals surface area contributed by atoms with Gasteiger partial charge >= 0.3 is 0 Å². The predicted molar refractivity (Wildman–Crippen MR) is 85.2 cm³/mol. The molecule has 1 heterocycles. The Morgan fingerprint density at radius 2 is 1.77 bits per heavy atom. The third kappa shape index (κ3) is 3.07. The number of aldehydes is 1. The molecule has 0 radical (unpaired) electrons. The van der Waals surface area contributed by atoms with Crippen LogP contribution in [0.3, 0.4) is 0 Å². The average molecular weight is 312 g/mol. The quantitative estimate of drug-likeness (QED) is 0.679. The second-order valence-corrected chi connectivity index (χ2v) is 5.36. The van der Waals surface area contributed by atoms with E-state index in [-0.39, 0.29) is 0 Å². The third-order valence-electron chi connectivity index (χ3n) is 3.47. The lowest BCUT2D eigenvalue weighted by Crippen LogP contribution is -2.08. The van der Waals surface area contributed by atoms with Crippen molar-refractivity contribution in [2.75, 3.05) is 0 Å². The van der Waals surface area contributed by atoms with Gasteiger partial charge < -0.3 is 0 Å². The molecular formula is C17H14ClN3O. The summed E-state index contributed by atoms with van der Waals surface area (Å²) in [7, 11) is 0. The summed E-state index contributed by atoms with van der Waals surface area (Å²) in [6.45, 7) is 0.489. The Bertz CT molecular complexity index is 784. The van der Waals surface area contributed by atoms with Crippen LogP contribution < -0.4 is 0 Å². The summed E-state index contributed by atoms with van der Waals surface area (Å²) in [5.74, 6) is 0. The van der Waals surface area contributed by atoms with E-state index in [1.165, 1.54) is 0 Å². The molecule has 0 unspecified atom stereocenters. The maximum Gasteiger partial charge on any atom is 0.172 e. The van der Waals surface area contributed by atoms with Gasteiger partial charge in [-0.3, -0.25) is 4.79 Å². The first-order valence-corrected chi connectivity index (χ1v) is 7.30. The van der Waals surface area contributed by atoms with Crippen molar-refractivity contribution >= 4 is 17.9 Å². The minimum Gasteiger partial charge on any atom is -0.296 e. The number of carbonyl (C=O) groups excluding carboxylic acids is 1. The molecule has 0 amide bonds. The monoisotopic (exact) mass is 311 g/mol. The molecule has 5 heteroatoms. The molecule has 0 N–H and O–H groups in total. The zero-order valence-corrected chi connectivity index (χ0v) is 12.6. The highest BCUT2D eigenvalue weighted by atomic mass is 35.5. The van der Waals surface area contributed by atoms with E-state index in [9.17, 15) is 4.79 Å². The maximum absolute atomic E-state index is 11.2.